The summed E-state index contributed by atoms with van der Waals surface area (Å²) >= 11 is 0. The fourth-order valence-electron chi connectivity index (χ4n) is 1.15. The van der Waals surface area contributed by atoms with Gasteiger partial charge in [-0.2, -0.15) is 0 Å². The first-order valence-corrected chi connectivity index (χ1v) is 6.90. The molecule has 0 unspecified atom stereocenters. The summed E-state index contributed by atoms with van der Waals surface area (Å²) in [5, 5.41) is 0. The first kappa shape index (κ1) is 19.2. The number of hydrogen-bond acceptors (Lipinski definition) is 4. The van der Waals surface area contributed by atoms with Crippen LogP contribution in [0.4, 0.5) is 0 Å². The van der Waals surface area contributed by atoms with Gasteiger partial charge in [-0.1, -0.05) is 31.4 Å². The lowest BCUT2D eigenvalue weighted by atomic mass is 10.3. The Labute approximate surface area is 128 Å². The molecule has 0 bridgehead atoms. The zero-order valence-electron chi connectivity index (χ0n) is 12.8. The maximum absolute atomic E-state index is 5.45. The number of ether oxygens (including phenoxy) is 4. The van der Waals surface area contributed by atoms with Gasteiger partial charge in [-0.15, -0.1) is 0 Å². The predicted octanol–water partition coefficient (Wildman–Crippen LogP) is 3.40. The molecule has 4 nitrogen and oxygen atoms in total. The molecule has 0 aromatic carbocycles. The Morgan fingerprint density at radius 3 is 2.00 bits per heavy atom. The van der Waals surface area contributed by atoms with Crippen LogP contribution in [0, 0.1) is 0 Å². The minimum absolute atomic E-state index is 0.531. The molecule has 0 aliphatic heterocycles. The van der Waals surface area contributed by atoms with Crippen LogP contribution in [0.2, 0.25) is 0 Å². The van der Waals surface area contributed by atoms with Gasteiger partial charge in [-0.25, -0.2) is 0 Å². The van der Waals surface area contributed by atoms with E-state index < -0.39 is 0 Å². The maximum Gasteiger partial charge on any atom is 0.111 e. The van der Waals surface area contributed by atoms with Crippen LogP contribution in [0.15, 0.2) is 61.6 Å². The first-order valence-electron chi connectivity index (χ1n) is 6.90. The molecule has 0 fully saturated rings. The molecular formula is C17H26O4. The van der Waals surface area contributed by atoms with Crippen molar-refractivity contribution in [3.63, 3.8) is 0 Å². The second-order valence-electron chi connectivity index (χ2n) is 4.05. The van der Waals surface area contributed by atoms with Gasteiger partial charge in [0.1, 0.15) is 13.2 Å². The van der Waals surface area contributed by atoms with Crippen LogP contribution < -0.4 is 0 Å². The molecular weight excluding hydrogens is 268 g/mol. The monoisotopic (exact) mass is 294 g/mol. The van der Waals surface area contributed by atoms with Crippen molar-refractivity contribution in [3.05, 3.63) is 61.6 Å². The SMILES string of the molecule is C=CC=COCCOC/C=C(/C)COCCOC=CC=C. The molecule has 0 heterocycles. The average Bonchev–Trinajstić information content (AvgIpc) is 2.49. The minimum Gasteiger partial charge on any atom is -0.499 e. The highest BCUT2D eigenvalue weighted by molar-refractivity contribution is 4.98. The van der Waals surface area contributed by atoms with E-state index in [0.29, 0.717) is 39.6 Å². The quantitative estimate of drug-likeness (QED) is 0.213. The summed E-state index contributed by atoms with van der Waals surface area (Å²) in [7, 11) is 0. The van der Waals surface area contributed by atoms with Crippen molar-refractivity contribution in [3.8, 4) is 0 Å². The largest absolute Gasteiger partial charge is 0.499 e. The van der Waals surface area contributed by atoms with E-state index in [2.05, 4.69) is 13.2 Å². The summed E-state index contributed by atoms with van der Waals surface area (Å²) in [5.41, 5.74) is 1.13. The zero-order valence-corrected chi connectivity index (χ0v) is 12.8. The van der Waals surface area contributed by atoms with Gasteiger partial charge in [0.2, 0.25) is 0 Å². The van der Waals surface area contributed by atoms with Gasteiger partial charge in [0.05, 0.1) is 39.0 Å². The van der Waals surface area contributed by atoms with Gasteiger partial charge < -0.3 is 18.9 Å². The fraction of sp³-hybridized carbons (Fsp3) is 0.412. The van der Waals surface area contributed by atoms with E-state index in [1.165, 1.54) is 0 Å². The lowest BCUT2D eigenvalue weighted by molar-refractivity contribution is 0.0942. The molecule has 0 aromatic rings. The maximum atomic E-state index is 5.45. The molecule has 0 aliphatic carbocycles. The molecule has 21 heavy (non-hydrogen) atoms. The Morgan fingerprint density at radius 1 is 0.857 bits per heavy atom. The number of rotatable bonds is 14. The highest BCUT2D eigenvalue weighted by atomic mass is 16.5. The van der Waals surface area contributed by atoms with E-state index >= 15 is 0 Å². The lowest BCUT2D eigenvalue weighted by Crippen LogP contribution is -2.05. The van der Waals surface area contributed by atoms with E-state index in [9.17, 15) is 0 Å². The van der Waals surface area contributed by atoms with Crippen LogP contribution in [0.3, 0.4) is 0 Å². The third-order valence-corrected chi connectivity index (χ3v) is 2.19. The van der Waals surface area contributed by atoms with Crippen LogP contribution in [-0.2, 0) is 18.9 Å². The molecule has 0 aromatic heterocycles. The third kappa shape index (κ3) is 16.2. The van der Waals surface area contributed by atoms with Crippen LogP contribution in [0.5, 0.6) is 0 Å². The van der Waals surface area contributed by atoms with Crippen molar-refractivity contribution in [1.82, 2.24) is 0 Å². The van der Waals surface area contributed by atoms with Gasteiger partial charge in [-0.3, -0.25) is 0 Å². The number of allylic oxidation sites excluding steroid dienone is 4. The molecule has 0 amide bonds. The Hall–Kier alpha value is -1.78. The van der Waals surface area contributed by atoms with Gasteiger partial charge in [-0.05, 0) is 24.6 Å². The van der Waals surface area contributed by atoms with Crippen LogP contribution >= 0.6 is 0 Å². The van der Waals surface area contributed by atoms with Gasteiger partial charge in [0.25, 0.3) is 0 Å². The van der Waals surface area contributed by atoms with E-state index in [1.54, 1.807) is 36.8 Å². The molecule has 0 saturated carbocycles. The Bertz CT molecular complexity index is 343. The topological polar surface area (TPSA) is 36.9 Å². The number of hydrogen-bond donors (Lipinski definition) is 0. The van der Waals surface area contributed by atoms with Gasteiger partial charge >= 0.3 is 0 Å². The molecule has 118 valence electrons. The minimum atomic E-state index is 0.531. The molecule has 0 atom stereocenters. The molecule has 0 saturated heterocycles. The predicted molar refractivity (Wildman–Crippen MR) is 86.0 cm³/mol. The Kier molecular flexibility index (Phi) is 14.9. The summed E-state index contributed by atoms with van der Waals surface area (Å²) in [6.07, 6.45) is 12.0. The summed E-state index contributed by atoms with van der Waals surface area (Å²) in [5.74, 6) is 0. The molecule has 0 aliphatic rings. The summed E-state index contributed by atoms with van der Waals surface area (Å²) in [6, 6.07) is 0. The highest BCUT2D eigenvalue weighted by Crippen LogP contribution is 1.94. The third-order valence-electron chi connectivity index (χ3n) is 2.19. The van der Waals surface area contributed by atoms with E-state index in [-0.39, 0.29) is 0 Å². The summed E-state index contributed by atoms with van der Waals surface area (Å²) < 4.78 is 21.2. The standard InChI is InChI=1S/C17H26O4/c1-4-6-9-18-12-13-20-11-8-17(3)16-21-15-14-19-10-7-5-2/h4-10H,1-2,11-16H2,3H3/b9-6?,10-7?,17-8-. The van der Waals surface area contributed by atoms with E-state index in [4.69, 9.17) is 18.9 Å². The van der Waals surface area contributed by atoms with Crippen LogP contribution in [0.25, 0.3) is 0 Å². The highest BCUT2D eigenvalue weighted by Gasteiger charge is 1.92. The van der Waals surface area contributed by atoms with Crippen molar-refractivity contribution in [1.29, 1.82) is 0 Å². The van der Waals surface area contributed by atoms with Crippen LogP contribution in [-0.4, -0.2) is 39.6 Å². The fourth-order valence-corrected chi connectivity index (χ4v) is 1.15. The van der Waals surface area contributed by atoms with Crippen molar-refractivity contribution in [2.45, 2.75) is 6.92 Å². The molecule has 4 heteroatoms. The van der Waals surface area contributed by atoms with Crippen molar-refractivity contribution in [2.75, 3.05) is 39.6 Å². The van der Waals surface area contributed by atoms with Crippen molar-refractivity contribution in [2.24, 2.45) is 0 Å². The summed E-state index contributed by atoms with van der Waals surface area (Å²) in [6.45, 7) is 12.4. The van der Waals surface area contributed by atoms with Gasteiger partial charge in [0.15, 0.2) is 0 Å². The van der Waals surface area contributed by atoms with Crippen molar-refractivity contribution < 1.29 is 18.9 Å². The normalized spacial score (nSPS) is 12.0. The summed E-state index contributed by atoms with van der Waals surface area (Å²) in [4.78, 5) is 0. The molecule has 0 rings (SSSR count). The van der Waals surface area contributed by atoms with Crippen molar-refractivity contribution >= 4 is 0 Å². The smallest absolute Gasteiger partial charge is 0.111 e. The Balaban J connectivity index is 3.39. The first-order chi connectivity index (χ1) is 10.3. The van der Waals surface area contributed by atoms with Gasteiger partial charge in [0, 0.05) is 0 Å². The Morgan fingerprint density at radius 2 is 1.43 bits per heavy atom. The molecule has 0 radical (unpaired) electrons. The van der Waals surface area contributed by atoms with Crippen LogP contribution in [0.1, 0.15) is 6.92 Å². The lowest BCUT2D eigenvalue weighted by Gasteiger charge is -2.05. The zero-order chi connectivity index (χ0) is 15.6. The van der Waals surface area contributed by atoms with E-state index in [1.807, 2.05) is 13.0 Å². The van der Waals surface area contributed by atoms with E-state index in [0.717, 1.165) is 5.57 Å². The second-order valence-corrected chi connectivity index (χ2v) is 4.05. The second kappa shape index (κ2) is 16.3. The molecule has 0 spiro atoms. The molecule has 0 N–H and O–H groups in total. The average molecular weight is 294 g/mol.